The molecule has 0 saturated carbocycles. The Bertz CT molecular complexity index is 223. The molecule has 1 radical (unpaired) electrons. The summed E-state index contributed by atoms with van der Waals surface area (Å²) in [7, 11) is 0. The lowest BCUT2D eigenvalue weighted by Crippen LogP contribution is -1.96. The van der Waals surface area contributed by atoms with Gasteiger partial charge in [0.1, 0.15) is 5.75 Å². The number of hydrogen-bond donors (Lipinski definition) is 0. The molecule has 0 N–H and O–H groups in total. The first kappa shape index (κ1) is 8.05. The Labute approximate surface area is 67.2 Å². The van der Waals surface area contributed by atoms with Crippen molar-refractivity contribution in [3.8, 4) is 5.75 Å². The number of ether oxygens (including phenoxy) is 1. The molecule has 0 amide bonds. The lowest BCUT2D eigenvalue weighted by Gasteiger charge is -2.05. The predicted octanol–water partition coefficient (Wildman–Crippen LogP) is 1.84. The molecule has 2 heteroatoms. The minimum atomic E-state index is 0.699. The number of aromatic nitrogens is 1. The molecule has 0 aliphatic heterocycles. The molecule has 0 atom stereocenters. The molecule has 0 aromatic carbocycles. The maximum Gasteiger partial charge on any atom is 0.126 e. The molecule has 1 rings (SSSR count). The van der Waals surface area contributed by atoms with Gasteiger partial charge in [-0.25, -0.2) is 0 Å². The van der Waals surface area contributed by atoms with Crippen LogP contribution in [0.25, 0.3) is 0 Å². The Morgan fingerprint density at radius 1 is 1.55 bits per heavy atom. The van der Waals surface area contributed by atoms with Gasteiger partial charge in [0.15, 0.2) is 0 Å². The Morgan fingerprint density at radius 3 is 3.00 bits per heavy atom. The van der Waals surface area contributed by atoms with Crippen molar-refractivity contribution >= 4 is 0 Å². The number of pyridine rings is 1. The first-order valence-corrected chi connectivity index (χ1v) is 3.86. The third-order valence-corrected chi connectivity index (χ3v) is 1.45. The summed E-state index contributed by atoms with van der Waals surface area (Å²) in [5, 5.41) is 0. The van der Waals surface area contributed by atoms with Gasteiger partial charge >= 0.3 is 0 Å². The lowest BCUT2D eigenvalue weighted by molar-refractivity contribution is 0.336. The van der Waals surface area contributed by atoms with Crippen molar-refractivity contribution in [2.45, 2.75) is 20.3 Å². The number of rotatable bonds is 3. The van der Waals surface area contributed by atoms with E-state index in [9.17, 15) is 0 Å². The summed E-state index contributed by atoms with van der Waals surface area (Å²) < 4.78 is 5.36. The van der Waals surface area contributed by atoms with Crippen LogP contribution in [-0.4, -0.2) is 11.6 Å². The zero-order valence-corrected chi connectivity index (χ0v) is 6.92. The van der Waals surface area contributed by atoms with Crippen LogP contribution in [0.5, 0.6) is 5.75 Å². The molecular weight excluding hydrogens is 138 g/mol. The summed E-state index contributed by atoms with van der Waals surface area (Å²) in [6.07, 6.45) is 5.51. The predicted molar refractivity (Wildman–Crippen MR) is 43.6 cm³/mol. The van der Waals surface area contributed by atoms with Gasteiger partial charge in [-0.1, -0.05) is 6.92 Å². The van der Waals surface area contributed by atoms with Crippen LogP contribution in [0.1, 0.15) is 19.4 Å². The van der Waals surface area contributed by atoms with Crippen LogP contribution in [0.15, 0.2) is 12.3 Å². The van der Waals surface area contributed by atoms with E-state index in [1.807, 2.05) is 13.0 Å². The molecule has 1 aromatic heterocycles. The molecular formula is C9H12NO. The van der Waals surface area contributed by atoms with Crippen LogP contribution in [0.3, 0.4) is 0 Å². The van der Waals surface area contributed by atoms with Crippen molar-refractivity contribution in [3.05, 3.63) is 24.0 Å². The molecule has 0 bridgehead atoms. The monoisotopic (exact) mass is 150 g/mol. The maximum absolute atomic E-state index is 5.36. The van der Waals surface area contributed by atoms with Crippen molar-refractivity contribution in [1.82, 2.24) is 4.98 Å². The van der Waals surface area contributed by atoms with Crippen molar-refractivity contribution in [2.24, 2.45) is 0 Å². The van der Waals surface area contributed by atoms with Crippen LogP contribution in [0, 0.1) is 6.20 Å². The van der Waals surface area contributed by atoms with Gasteiger partial charge in [-0.15, -0.1) is 0 Å². The fourth-order valence-corrected chi connectivity index (χ4v) is 0.920. The molecule has 0 spiro atoms. The summed E-state index contributed by atoms with van der Waals surface area (Å²) in [4.78, 5) is 3.89. The fourth-order valence-electron chi connectivity index (χ4n) is 0.920. The molecule has 11 heavy (non-hydrogen) atoms. The molecule has 59 valence electrons. The van der Waals surface area contributed by atoms with Gasteiger partial charge < -0.3 is 4.74 Å². The highest BCUT2D eigenvalue weighted by atomic mass is 16.5. The molecule has 2 nitrogen and oxygen atoms in total. The average molecular weight is 150 g/mol. The maximum atomic E-state index is 5.36. The molecule has 1 aromatic rings. The SMILES string of the molecule is CCOc1ccn[c]c1CC. The second-order valence-corrected chi connectivity index (χ2v) is 2.19. The van der Waals surface area contributed by atoms with Crippen LogP contribution in [0.4, 0.5) is 0 Å². The van der Waals surface area contributed by atoms with E-state index < -0.39 is 0 Å². The van der Waals surface area contributed by atoms with Crippen LogP contribution in [0.2, 0.25) is 0 Å². The zero-order chi connectivity index (χ0) is 8.10. The number of aryl methyl sites for hydroxylation is 1. The molecule has 0 aliphatic rings. The number of nitrogens with zero attached hydrogens (tertiary/aromatic N) is 1. The van der Waals surface area contributed by atoms with Crippen molar-refractivity contribution in [2.75, 3.05) is 6.61 Å². The molecule has 0 aliphatic carbocycles. The summed E-state index contributed by atoms with van der Waals surface area (Å²) in [6.45, 7) is 4.74. The minimum Gasteiger partial charge on any atom is -0.493 e. The first-order chi connectivity index (χ1) is 5.38. The Balaban J connectivity index is 2.83. The van der Waals surface area contributed by atoms with Gasteiger partial charge in [-0.2, -0.15) is 0 Å². The molecule has 1 heterocycles. The third-order valence-electron chi connectivity index (χ3n) is 1.45. The van der Waals surface area contributed by atoms with Gasteiger partial charge in [0.2, 0.25) is 0 Å². The van der Waals surface area contributed by atoms with E-state index in [0.717, 1.165) is 17.7 Å². The minimum absolute atomic E-state index is 0.699. The van der Waals surface area contributed by atoms with Crippen LogP contribution in [-0.2, 0) is 6.42 Å². The van der Waals surface area contributed by atoms with E-state index >= 15 is 0 Å². The van der Waals surface area contributed by atoms with Gasteiger partial charge in [0.05, 0.1) is 12.8 Å². The quantitative estimate of drug-likeness (QED) is 0.656. The molecule has 0 fully saturated rings. The standard InChI is InChI=1S/C9H12NO/c1-3-8-7-10-6-5-9(8)11-4-2/h5-6H,3-4H2,1-2H3. The second kappa shape index (κ2) is 3.96. The Hall–Kier alpha value is -1.05. The largest absolute Gasteiger partial charge is 0.493 e. The van der Waals surface area contributed by atoms with Crippen molar-refractivity contribution in [1.29, 1.82) is 0 Å². The summed E-state index contributed by atoms with van der Waals surface area (Å²) in [5.41, 5.74) is 1.05. The summed E-state index contributed by atoms with van der Waals surface area (Å²) in [6, 6.07) is 1.87. The van der Waals surface area contributed by atoms with E-state index in [1.54, 1.807) is 6.20 Å². The number of hydrogen-bond acceptors (Lipinski definition) is 2. The van der Waals surface area contributed by atoms with Gasteiger partial charge in [0, 0.05) is 11.8 Å². The van der Waals surface area contributed by atoms with Gasteiger partial charge in [-0.05, 0) is 19.4 Å². The fraction of sp³-hybridized carbons (Fsp3) is 0.444. The van der Waals surface area contributed by atoms with E-state index in [2.05, 4.69) is 18.1 Å². The van der Waals surface area contributed by atoms with E-state index in [1.165, 1.54) is 0 Å². The lowest BCUT2D eigenvalue weighted by atomic mass is 10.2. The topological polar surface area (TPSA) is 22.1 Å². The second-order valence-electron chi connectivity index (χ2n) is 2.19. The normalized spacial score (nSPS) is 9.64. The smallest absolute Gasteiger partial charge is 0.126 e. The molecule has 0 unspecified atom stereocenters. The first-order valence-electron chi connectivity index (χ1n) is 3.86. The van der Waals surface area contributed by atoms with Crippen LogP contribution < -0.4 is 4.74 Å². The highest BCUT2D eigenvalue weighted by Gasteiger charge is 1.99. The van der Waals surface area contributed by atoms with Gasteiger partial charge in [-0.3, -0.25) is 4.98 Å². The Kier molecular flexibility index (Phi) is 2.90. The third kappa shape index (κ3) is 1.93. The van der Waals surface area contributed by atoms with Crippen molar-refractivity contribution in [3.63, 3.8) is 0 Å². The Morgan fingerprint density at radius 2 is 2.36 bits per heavy atom. The summed E-state index contributed by atoms with van der Waals surface area (Å²) >= 11 is 0. The van der Waals surface area contributed by atoms with E-state index in [-0.39, 0.29) is 0 Å². The van der Waals surface area contributed by atoms with Crippen LogP contribution >= 0.6 is 0 Å². The molecule has 0 saturated heterocycles. The summed E-state index contributed by atoms with van der Waals surface area (Å²) in [5.74, 6) is 0.907. The zero-order valence-electron chi connectivity index (χ0n) is 6.92. The average Bonchev–Trinajstić information content (AvgIpc) is 2.06. The highest BCUT2D eigenvalue weighted by molar-refractivity contribution is 5.28. The van der Waals surface area contributed by atoms with E-state index in [4.69, 9.17) is 4.74 Å². The van der Waals surface area contributed by atoms with Gasteiger partial charge in [0.25, 0.3) is 0 Å². The van der Waals surface area contributed by atoms with E-state index in [0.29, 0.717) is 6.61 Å². The highest BCUT2D eigenvalue weighted by Crippen LogP contribution is 2.15. The van der Waals surface area contributed by atoms with Crippen molar-refractivity contribution < 1.29 is 4.74 Å².